The molecule has 0 aromatic carbocycles. The van der Waals surface area contributed by atoms with Crippen LogP contribution in [-0.2, 0) is 11.2 Å². The Bertz CT molecular complexity index is 346. The molecule has 0 fully saturated rings. The van der Waals surface area contributed by atoms with Gasteiger partial charge in [-0.25, -0.2) is 0 Å². The SMILES string of the molecule is C=CCCC(C(N)=O)c1nc(CC)no1. The first-order valence-electron chi connectivity index (χ1n) is 4.91. The van der Waals surface area contributed by atoms with Crippen LogP contribution < -0.4 is 5.73 Å². The molecular weight excluding hydrogens is 194 g/mol. The van der Waals surface area contributed by atoms with E-state index in [0.717, 1.165) is 0 Å². The lowest BCUT2D eigenvalue weighted by Crippen LogP contribution is -2.21. The van der Waals surface area contributed by atoms with Crippen LogP contribution in [0.1, 0.15) is 37.4 Å². The molecule has 82 valence electrons. The fourth-order valence-electron chi connectivity index (χ4n) is 1.22. The summed E-state index contributed by atoms with van der Waals surface area (Å²) in [5.74, 6) is -0.0463. The molecule has 0 bridgehead atoms. The monoisotopic (exact) mass is 209 g/mol. The molecule has 5 nitrogen and oxygen atoms in total. The van der Waals surface area contributed by atoms with Gasteiger partial charge in [0.1, 0.15) is 5.92 Å². The van der Waals surface area contributed by atoms with E-state index in [1.807, 2.05) is 6.92 Å². The summed E-state index contributed by atoms with van der Waals surface area (Å²) in [5, 5.41) is 3.73. The molecule has 0 aliphatic heterocycles. The minimum Gasteiger partial charge on any atom is -0.369 e. The maximum Gasteiger partial charge on any atom is 0.239 e. The second-order valence-corrected chi connectivity index (χ2v) is 3.22. The first-order valence-corrected chi connectivity index (χ1v) is 4.91. The molecule has 0 radical (unpaired) electrons. The van der Waals surface area contributed by atoms with Crippen LogP contribution >= 0.6 is 0 Å². The average Bonchev–Trinajstić information content (AvgIpc) is 2.66. The molecule has 1 atom stereocenters. The molecule has 0 spiro atoms. The zero-order valence-electron chi connectivity index (χ0n) is 8.77. The summed E-state index contributed by atoms with van der Waals surface area (Å²) in [6.45, 7) is 5.50. The maximum atomic E-state index is 11.2. The van der Waals surface area contributed by atoms with Gasteiger partial charge in [-0.05, 0) is 12.8 Å². The number of carbonyl (C=O) groups is 1. The van der Waals surface area contributed by atoms with E-state index in [-0.39, 0.29) is 0 Å². The summed E-state index contributed by atoms with van der Waals surface area (Å²) in [5.41, 5.74) is 5.26. The highest BCUT2D eigenvalue weighted by molar-refractivity contribution is 5.80. The minimum absolute atomic E-state index is 0.307. The molecule has 2 N–H and O–H groups in total. The van der Waals surface area contributed by atoms with Gasteiger partial charge in [-0.2, -0.15) is 4.98 Å². The second-order valence-electron chi connectivity index (χ2n) is 3.22. The van der Waals surface area contributed by atoms with Crippen molar-refractivity contribution in [2.45, 2.75) is 32.1 Å². The fraction of sp³-hybridized carbons (Fsp3) is 0.500. The molecule has 5 heteroatoms. The Morgan fingerprint density at radius 1 is 1.73 bits per heavy atom. The van der Waals surface area contributed by atoms with Gasteiger partial charge in [-0.15, -0.1) is 6.58 Å². The van der Waals surface area contributed by atoms with Crippen LogP contribution in [0, 0.1) is 0 Å². The molecule has 15 heavy (non-hydrogen) atoms. The van der Waals surface area contributed by atoms with Crippen molar-refractivity contribution in [1.82, 2.24) is 10.1 Å². The number of hydrogen-bond donors (Lipinski definition) is 1. The highest BCUT2D eigenvalue weighted by Gasteiger charge is 2.23. The Labute approximate surface area is 88.3 Å². The van der Waals surface area contributed by atoms with Crippen LogP contribution in [-0.4, -0.2) is 16.0 Å². The Kier molecular flexibility index (Phi) is 4.03. The van der Waals surface area contributed by atoms with Crippen molar-refractivity contribution in [3.8, 4) is 0 Å². The highest BCUT2D eigenvalue weighted by Crippen LogP contribution is 2.19. The van der Waals surface area contributed by atoms with Gasteiger partial charge in [0.05, 0.1) is 0 Å². The number of hydrogen-bond acceptors (Lipinski definition) is 4. The molecule has 1 aromatic rings. The summed E-state index contributed by atoms with van der Waals surface area (Å²) in [4.78, 5) is 15.3. The van der Waals surface area contributed by atoms with Gasteiger partial charge in [-0.1, -0.05) is 18.2 Å². The standard InChI is InChI=1S/C10H15N3O2/c1-3-5-6-7(9(11)14)10-12-8(4-2)13-15-10/h3,7H,1,4-6H2,2H3,(H2,11,14). The van der Waals surface area contributed by atoms with Gasteiger partial charge in [0.15, 0.2) is 5.82 Å². The molecule has 1 aromatic heterocycles. The number of aryl methyl sites for hydroxylation is 1. The van der Waals surface area contributed by atoms with Crippen molar-refractivity contribution in [3.05, 3.63) is 24.4 Å². The molecule has 0 saturated heterocycles. The number of carbonyl (C=O) groups excluding carboxylic acids is 1. The summed E-state index contributed by atoms with van der Waals surface area (Å²) in [6.07, 6.45) is 3.66. The smallest absolute Gasteiger partial charge is 0.239 e. The molecule has 0 aliphatic rings. The topological polar surface area (TPSA) is 82.0 Å². The van der Waals surface area contributed by atoms with Crippen LogP contribution in [0.5, 0.6) is 0 Å². The van der Waals surface area contributed by atoms with E-state index in [1.165, 1.54) is 0 Å². The van der Waals surface area contributed by atoms with Crippen LogP contribution in [0.25, 0.3) is 0 Å². The van der Waals surface area contributed by atoms with Crippen LogP contribution in [0.2, 0.25) is 0 Å². The lowest BCUT2D eigenvalue weighted by atomic mass is 10.0. The van der Waals surface area contributed by atoms with Crippen molar-refractivity contribution in [3.63, 3.8) is 0 Å². The number of primary amides is 1. The third-order valence-corrected chi connectivity index (χ3v) is 2.10. The number of rotatable bonds is 6. The van der Waals surface area contributed by atoms with Crippen LogP contribution in [0.3, 0.4) is 0 Å². The number of allylic oxidation sites excluding steroid dienone is 1. The highest BCUT2D eigenvalue weighted by atomic mass is 16.5. The van der Waals surface area contributed by atoms with Gasteiger partial charge >= 0.3 is 0 Å². The Morgan fingerprint density at radius 3 is 2.93 bits per heavy atom. The molecule has 0 aliphatic carbocycles. The van der Waals surface area contributed by atoms with E-state index in [9.17, 15) is 4.79 Å². The minimum atomic E-state index is -0.504. The first-order chi connectivity index (χ1) is 7.19. The second kappa shape index (κ2) is 5.29. The van der Waals surface area contributed by atoms with Gasteiger partial charge in [0.25, 0.3) is 0 Å². The molecule has 1 rings (SSSR count). The first kappa shape index (κ1) is 11.4. The third kappa shape index (κ3) is 2.90. The fourth-order valence-corrected chi connectivity index (χ4v) is 1.22. The molecule has 1 amide bonds. The van der Waals surface area contributed by atoms with E-state index >= 15 is 0 Å². The number of aromatic nitrogens is 2. The predicted molar refractivity (Wildman–Crippen MR) is 55.0 cm³/mol. The van der Waals surface area contributed by atoms with E-state index in [4.69, 9.17) is 10.3 Å². The number of nitrogens with two attached hydrogens (primary N) is 1. The lowest BCUT2D eigenvalue weighted by molar-refractivity contribution is -0.120. The summed E-state index contributed by atoms with van der Waals surface area (Å²) in [6, 6.07) is 0. The Balaban J connectivity index is 2.78. The number of nitrogens with zero attached hydrogens (tertiary/aromatic N) is 2. The van der Waals surface area contributed by atoms with Gasteiger partial charge in [0, 0.05) is 6.42 Å². The average molecular weight is 209 g/mol. The summed E-state index contributed by atoms with van der Waals surface area (Å²) in [7, 11) is 0. The van der Waals surface area contributed by atoms with E-state index in [1.54, 1.807) is 6.08 Å². The quantitative estimate of drug-likeness (QED) is 0.713. The Hall–Kier alpha value is -1.65. The molecule has 1 heterocycles. The van der Waals surface area contributed by atoms with Crippen LogP contribution in [0.15, 0.2) is 17.2 Å². The summed E-state index contributed by atoms with van der Waals surface area (Å²) < 4.78 is 4.98. The number of amides is 1. The van der Waals surface area contributed by atoms with Gasteiger partial charge in [0.2, 0.25) is 11.8 Å². The van der Waals surface area contributed by atoms with E-state index in [2.05, 4.69) is 16.7 Å². The normalized spacial score (nSPS) is 12.3. The van der Waals surface area contributed by atoms with Crippen molar-refractivity contribution < 1.29 is 9.32 Å². The molecule has 0 saturated carbocycles. The largest absolute Gasteiger partial charge is 0.369 e. The third-order valence-electron chi connectivity index (χ3n) is 2.10. The van der Waals surface area contributed by atoms with Crippen LogP contribution in [0.4, 0.5) is 0 Å². The van der Waals surface area contributed by atoms with Crippen molar-refractivity contribution in [2.24, 2.45) is 5.73 Å². The van der Waals surface area contributed by atoms with Crippen molar-refractivity contribution in [1.29, 1.82) is 0 Å². The van der Waals surface area contributed by atoms with Gasteiger partial charge in [-0.3, -0.25) is 4.79 Å². The van der Waals surface area contributed by atoms with Crippen molar-refractivity contribution in [2.75, 3.05) is 0 Å². The zero-order chi connectivity index (χ0) is 11.3. The van der Waals surface area contributed by atoms with E-state index < -0.39 is 11.8 Å². The molecule has 1 unspecified atom stereocenters. The Morgan fingerprint density at radius 2 is 2.47 bits per heavy atom. The molecular formula is C10H15N3O2. The lowest BCUT2D eigenvalue weighted by Gasteiger charge is -2.05. The van der Waals surface area contributed by atoms with Gasteiger partial charge < -0.3 is 10.3 Å². The summed E-state index contributed by atoms with van der Waals surface area (Å²) >= 11 is 0. The predicted octanol–water partition coefficient (Wildman–Crippen LogP) is 1.17. The zero-order valence-corrected chi connectivity index (χ0v) is 8.77. The maximum absolute atomic E-state index is 11.2. The van der Waals surface area contributed by atoms with Crippen molar-refractivity contribution >= 4 is 5.91 Å². The van der Waals surface area contributed by atoms with E-state index in [0.29, 0.717) is 31.0 Å².